The number of hydrogen-bond donors (Lipinski definition) is 2. The van der Waals surface area contributed by atoms with Crippen molar-refractivity contribution in [3.05, 3.63) is 20.8 Å². The average molecular weight is 306 g/mol. The Bertz CT molecular complexity index is 358. The smallest absolute Gasteiger partial charge is 0.105 e. The van der Waals surface area contributed by atoms with Crippen molar-refractivity contribution < 1.29 is 9.84 Å². The van der Waals surface area contributed by atoms with Gasteiger partial charge < -0.3 is 15.2 Å². The van der Waals surface area contributed by atoms with Gasteiger partial charge in [-0.2, -0.15) is 0 Å². The number of hydrogen-bond acceptors (Lipinski definition) is 4. The number of thiophene rings is 1. The first kappa shape index (κ1) is 12.5. The van der Waals surface area contributed by atoms with Crippen molar-refractivity contribution in [2.24, 2.45) is 0 Å². The van der Waals surface area contributed by atoms with Crippen molar-refractivity contribution in [2.45, 2.75) is 31.6 Å². The summed E-state index contributed by atoms with van der Waals surface area (Å²) in [5.41, 5.74) is -0.700. The lowest BCUT2D eigenvalue weighted by Crippen LogP contribution is -2.45. The Kier molecular flexibility index (Phi) is 4.02. The molecule has 0 aromatic carbocycles. The van der Waals surface area contributed by atoms with Crippen LogP contribution in [0.2, 0.25) is 0 Å². The molecule has 1 fully saturated rings. The fourth-order valence-electron chi connectivity index (χ4n) is 1.85. The lowest BCUT2D eigenvalue weighted by molar-refractivity contribution is -0.0262. The molecule has 1 aromatic heterocycles. The molecule has 1 saturated heterocycles. The Morgan fingerprint density at radius 2 is 2.50 bits per heavy atom. The molecular weight excluding hydrogens is 290 g/mol. The van der Waals surface area contributed by atoms with Crippen molar-refractivity contribution in [1.29, 1.82) is 0 Å². The lowest BCUT2D eigenvalue weighted by Gasteiger charge is -2.26. The van der Waals surface area contributed by atoms with E-state index in [1.54, 1.807) is 11.3 Å². The Labute approximate surface area is 108 Å². The highest BCUT2D eigenvalue weighted by atomic mass is 79.9. The minimum absolute atomic E-state index is 0.0740. The summed E-state index contributed by atoms with van der Waals surface area (Å²) in [6, 6.07) is 4.12. The van der Waals surface area contributed by atoms with Gasteiger partial charge in [-0.3, -0.25) is 0 Å². The van der Waals surface area contributed by atoms with Gasteiger partial charge in [0.15, 0.2) is 0 Å². The number of aliphatic hydroxyl groups is 1. The van der Waals surface area contributed by atoms with Crippen molar-refractivity contribution in [2.75, 3.05) is 13.2 Å². The van der Waals surface area contributed by atoms with Gasteiger partial charge in [0.25, 0.3) is 0 Å². The highest BCUT2D eigenvalue weighted by molar-refractivity contribution is 9.11. The lowest BCUT2D eigenvalue weighted by atomic mass is 9.97. The van der Waals surface area contributed by atoms with Gasteiger partial charge >= 0.3 is 0 Å². The predicted molar refractivity (Wildman–Crippen MR) is 68.7 cm³/mol. The summed E-state index contributed by atoms with van der Waals surface area (Å²) in [4.78, 5) is 1.27. The van der Waals surface area contributed by atoms with Crippen molar-refractivity contribution in [3.63, 3.8) is 0 Å². The summed E-state index contributed by atoms with van der Waals surface area (Å²) in [6.07, 6.45) is 0.644. The summed E-state index contributed by atoms with van der Waals surface area (Å²) >= 11 is 5.14. The Hall–Kier alpha value is 0.0600. The molecule has 1 aromatic rings. The van der Waals surface area contributed by atoms with Crippen LogP contribution in [0.25, 0.3) is 0 Å². The molecule has 2 rings (SSSR count). The fraction of sp³-hybridized carbons (Fsp3) is 0.636. The first-order valence-electron chi connectivity index (χ1n) is 5.39. The molecule has 16 heavy (non-hydrogen) atoms. The first-order valence-corrected chi connectivity index (χ1v) is 7.00. The summed E-state index contributed by atoms with van der Waals surface area (Å²) in [6.45, 7) is 3.97. The number of rotatable bonds is 4. The van der Waals surface area contributed by atoms with Crippen LogP contribution in [0.4, 0.5) is 0 Å². The van der Waals surface area contributed by atoms with Crippen LogP contribution in [0.15, 0.2) is 15.9 Å². The quantitative estimate of drug-likeness (QED) is 0.895. The molecule has 0 radical (unpaired) electrons. The second-order valence-electron chi connectivity index (χ2n) is 4.18. The van der Waals surface area contributed by atoms with Crippen LogP contribution in [0.1, 0.15) is 18.2 Å². The molecule has 3 nitrogen and oxygen atoms in total. The highest BCUT2D eigenvalue weighted by Crippen LogP contribution is 2.25. The van der Waals surface area contributed by atoms with Crippen LogP contribution in [0.5, 0.6) is 0 Å². The van der Waals surface area contributed by atoms with Crippen LogP contribution in [-0.4, -0.2) is 30.0 Å². The molecule has 2 heterocycles. The second kappa shape index (κ2) is 5.14. The van der Waals surface area contributed by atoms with Gasteiger partial charge in [-0.1, -0.05) is 0 Å². The topological polar surface area (TPSA) is 41.5 Å². The van der Waals surface area contributed by atoms with Crippen molar-refractivity contribution >= 4 is 27.3 Å². The molecule has 0 saturated carbocycles. The maximum atomic E-state index is 10.2. The minimum atomic E-state index is -0.700. The van der Waals surface area contributed by atoms with E-state index in [0.717, 1.165) is 16.8 Å². The molecule has 0 amide bonds. The van der Waals surface area contributed by atoms with Crippen molar-refractivity contribution in [1.82, 2.24) is 5.32 Å². The molecule has 0 bridgehead atoms. The number of ether oxygens (including phenoxy) is 1. The molecular formula is C11H16BrNO2S. The van der Waals surface area contributed by atoms with E-state index in [9.17, 15) is 5.11 Å². The minimum Gasteiger partial charge on any atom is -0.386 e. The molecule has 0 aliphatic carbocycles. The second-order valence-corrected chi connectivity index (χ2v) is 6.72. The fourth-order valence-corrected chi connectivity index (χ4v) is 3.30. The standard InChI is InChI=1S/C11H16BrNO2S/c1-8-11(14,4-5-15-8)7-13-6-9-2-3-10(12)16-9/h2-3,8,13-14H,4-7H2,1H3. The summed E-state index contributed by atoms with van der Waals surface area (Å²) in [5.74, 6) is 0. The van der Waals surface area contributed by atoms with Crippen LogP contribution in [0, 0.1) is 0 Å². The van der Waals surface area contributed by atoms with Crippen LogP contribution >= 0.6 is 27.3 Å². The van der Waals surface area contributed by atoms with Crippen molar-refractivity contribution in [3.8, 4) is 0 Å². The summed E-state index contributed by atoms with van der Waals surface area (Å²) in [7, 11) is 0. The predicted octanol–water partition coefficient (Wildman–Crippen LogP) is 2.14. The highest BCUT2D eigenvalue weighted by Gasteiger charge is 2.38. The van der Waals surface area contributed by atoms with E-state index in [-0.39, 0.29) is 6.10 Å². The zero-order valence-electron chi connectivity index (χ0n) is 9.20. The van der Waals surface area contributed by atoms with Crippen LogP contribution in [-0.2, 0) is 11.3 Å². The van der Waals surface area contributed by atoms with Crippen LogP contribution in [0.3, 0.4) is 0 Å². The third-order valence-corrected chi connectivity index (χ3v) is 4.64. The first-order chi connectivity index (χ1) is 7.60. The third-order valence-electron chi connectivity index (χ3n) is 3.02. The normalized spacial score (nSPS) is 29.8. The van der Waals surface area contributed by atoms with Crippen LogP contribution < -0.4 is 5.32 Å². The van der Waals surface area contributed by atoms with E-state index in [0.29, 0.717) is 13.2 Å². The maximum absolute atomic E-state index is 10.2. The van der Waals surface area contributed by atoms with Gasteiger partial charge in [-0.25, -0.2) is 0 Å². The monoisotopic (exact) mass is 305 g/mol. The molecule has 2 N–H and O–H groups in total. The van der Waals surface area contributed by atoms with E-state index in [1.807, 2.05) is 13.0 Å². The summed E-state index contributed by atoms with van der Waals surface area (Å²) < 4.78 is 6.52. The molecule has 2 atom stereocenters. The Morgan fingerprint density at radius 1 is 1.69 bits per heavy atom. The molecule has 1 aliphatic heterocycles. The van der Waals surface area contributed by atoms with Gasteiger partial charge in [0, 0.05) is 31.0 Å². The summed E-state index contributed by atoms with van der Waals surface area (Å²) in [5, 5.41) is 13.5. The molecule has 5 heteroatoms. The van der Waals surface area contributed by atoms with E-state index in [2.05, 4.69) is 27.3 Å². The van der Waals surface area contributed by atoms with E-state index >= 15 is 0 Å². The largest absolute Gasteiger partial charge is 0.386 e. The zero-order valence-corrected chi connectivity index (χ0v) is 11.6. The van der Waals surface area contributed by atoms with E-state index < -0.39 is 5.60 Å². The van der Waals surface area contributed by atoms with E-state index in [4.69, 9.17) is 4.74 Å². The van der Waals surface area contributed by atoms with Gasteiger partial charge in [0.05, 0.1) is 9.89 Å². The Balaban J connectivity index is 1.79. The average Bonchev–Trinajstić information content (AvgIpc) is 2.76. The molecule has 0 spiro atoms. The molecule has 1 aliphatic rings. The van der Waals surface area contributed by atoms with Gasteiger partial charge in [0.1, 0.15) is 5.60 Å². The number of halogens is 1. The third kappa shape index (κ3) is 2.84. The maximum Gasteiger partial charge on any atom is 0.105 e. The zero-order chi connectivity index (χ0) is 11.6. The van der Waals surface area contributed by atoms with Gasteiger partial charge in [-0.05, 0) is 35.0 Å². The molecule has 2 unspecified atom stereocenters. The molecule has 90 valence electrons. The Morgan fingerprint density at radius 3 is 3.06 bits per heavy atom. The van der Waals surface area contributed by atoms with E-state index in [1.165, 1.54) is 4.88 Å². The van der Waals surface area contributed by atoms with Gasteiger partial charge in [-0.15, -0.1) is 11.3 Å². The van der Waals surface area contributed by atoms with Gasteiger partial charge in [0.2, 0.25) is 0 Å². The number of nitrogens with one attached hydrogen (secondary N) is 1. The SMILES string of the molecule is CC1OCCC1(O)CNCc1ccc(Br)s1.